The van der Waals surface area contributed by atoms with Crippen LogP contribution in [-0.2, 0) is 10.2 Å². The molecule has 5 heteroatoms. The highest BCUT2D eigenvalue weighted by Crippen LogP contribution is 2.34. The molecule has 0 bridgehead atoms. The van der Waals surface area contributed by atoms with Gasteiger partial charge in [-0.25, -0.2) is 9.18 Å². The molecule has 1 aromatic carbocycles. The largest absolute Gasteiger partial charge is 0.381 e. The summed E-state index contributed by atoms with van der Waals surface area (Å²) >= 11 is 0. The molecule has 0 spiro atoms. The van der Waals surface area contributed by atoms with E-state index in [9.17, 15) is 9.18 Å². The number of rotatable bonds is 5. The maximum absolute atomic E-state index is 13.7. The van der Waals surface area contributed by atoms with Gasteiger partial charge in [0, 0.05) is 38.8 Å². The van der Waals surface area contributed by atoms with Gasteiger partial charge in [0.15, 0.2) is 0 Å². The number of nitrogens with zero attached hydrogens (tertiary/aromatic N) is 1. The van der Waals surface area contributed by atoms with Crippen LogP contribution < -0.4 is 5.32 Å². The van der Waals surface area contributed by atoms with Crippen LogP contribution in [0.2, 0.25) is 0 Å². The van der Waals surface area contributed by atoms with Crippen LogP contribution >= 0.6 is 0 Å². The zero-order valence-corrected chi connectivity index (χ0v) is 14.4. The van der Waals surface area contributed by atoms with Crippen LogP contribution in [0.1, 0.15) is 37.7 Å². The normalized spacial score (nSPS) is 20.2. The van der Waals surface area contributed by atoms with E-state index in [0.717, 1.165) is 24.9 Å². The van der Waals surface area contributed by atoms with Gasteiger partial charge in [-0.2, -0.15) is 0 Å². The lowest BCUT2D eigenvalue weighted by molar-refractivity contribution is 0.0500. The summed E-state index contributed by atoms with van der Waals surface area (Å²) < 4.78 is 19.2. The minimum atomic E-state index is -0.243. The van der Waals surface area contributed by atoms with Crippen molar-refractivity contribution in [3.8, 4) is 0 Å². The number of nitrogens with one attached hydrogen (secondary N) is 1. The van der Waals surface area contributed by atoms with Gasteiger partial charge in [0.05, 0.1) is 0 Å². The molecule has 0 unspecified atom stereocenters. The Hall–Kier alpha value is -1.62. The molecule has 0 aromatic heterocycles. The van der Waals surface area contributed by atoms with Gasteiger partial charge in [-0.05, 0) is 49.3 Å². The van der Waals surface area contributed by atoms with Crippen LogP contribution in [-0.4, -0.2) is 44.3 Å². The van der Waals surface area contributed by atoms with Gasteiger partial charge < -0.3 is 15.0 Å². The Morgan fingerprint density at radius 1 is 1.38 bits per heavy atom. The molecule has 1 heterocycles. The predicted octanol–water partition coefficient (Wildman–Crippen LogP) is 3.32. The lowest BCUT2D eigenvalue weighted by Gasteiger charge is -2.38. The van der Waals surface area contributed by atoms with Crippen molar-refractivity contribution in [2.24, 2.45) is 5.92 Å². The summed E-state index contributed by atoms with van der Waals surface area (Å²) in [5.74, 6) is 0.424. The second-order valence-corrected chi connectivity index (χ2v) is 7.24. The minimum Gasteiger partial charge on any atom is -0.381 e. The van der Waals surface area contributed by atoms with Crippen LogP contribution in [0.5, 0.6) is 0 Å². The predicted molar refractivity (Wildman–Crippen MR) is 91.5 cm³/mol. The van der Waals surface area contributed by atoms with E-state index in [1.807, 2.05) is 13.1 Å². The topological polar surface area (TPSA) is 41.6 Å². The number of urea groups is 1. The van der Waals surface area contributed by atoms with E-state index in [1.165, 1.54) is 25.3 Å². The SMILES string of the molecule is CN(CC1CCC1)C(=O)NCC1(c2cccc(F)c2)CCOCC1. The Kier molecular flexibility index (Phi) is 5.39. The van der Waals surface area contributed by atoms with Crippen LogP contribution in [0.15, 0.2) is 24.3 Å². The maximum atomic E-state index is 13.7. The number of amides is 2. The monoisotopic (exact) mass is 334 g/mol. The molecule has 2 amide bonds. The van der Waals surface area contributed by atoms with Crippen molar-refractivity contribution in [2.45, 2.75) is 37.5 Å². The number of carbonyl (C=O) groups excluding carboxylic acids is 1. The quantitative estimate of drug-likeness (QED) is 0.897. The number of hydrogen-bond acceptors (Lipinski definition) is 2. The van der Waals surface area contributed by atoms with Gasteiger partial charge in [-0.1, -0.05) is 18.6 Å². The second-order valence-electron chi connectivity index (χ2n) is 7.24. The standard InChI is InChI=1S/C19H27FN2O2/c1-22(13-15-4-2-5-15)18(23)21-14-19(8-10-24-11-9-19)16-6-3-7-17(20)12-16/h3,6-7,12,15H,2,4-5,8-11,13-14H2,1H3,(H,21,23). The number of ether oxygens (including phenoxy) is 1. The molecule has 1 saturated heterocycles. The maximum Gasteiger partial charge on any atom is 0.317 e. The fourth-order valence-corrected chi connectivity index (χ4v) is 3.67. The first-order chi connectivity index (χ1) is 11.6. The van der Waals surface area contributed by atoms with Gasteiger partial charge in [-0.15, -0.1) is 0 Å². The van der Waals surface area contributed by atoms with Crippen molar-refractivity contribution in [3.05, 3.63) is 35.6 Å². The average molecular weight is 334 g/mol. The van der Waals surface area contributed by atoms with E-state index in [-0.39, 0.29) is 17.3 Å². The molecule has 0 atom stereocenters. The summed E-state index contributed by atoms with van der Waals surface area (Å²) in [4.78, 5) is 14.2. The van der Waals surface area contributed by atoms with Crippen molar-refractivity contribution in [1.82, 2.24) is 10.2 Å². The minimum absolute atomic E-state index is 0.0378. The molecular formula is C19H27FN2O2. The van der Waals surface area contributed by atoms with Crippen molar-refractivity contribution in [3.63, 3.8) is 0 Å². The molecule has 1 N–H and O–H groups in total. The molecule has 2 aliphatic rings. The molecule has 1 saturated carbocycles. The molecule has 3 rings (SSSR count). The molecule has 1 aliphatic heterocycles. The second kappa shape index (κ2) is 7.51. The van der Waals surface area contributed by atoms with Gasteiger partial charge in [0.1, 0.15) is 5.82 Å². The number of hydrogen-bond donors (Lipinski definition) is 1. The van der Waals surface area contributed by atoms with Gasteiger partial charge in [0.25, 0.3) is 0 Å². The molecule has 24 heavy (non-hydrogen) atoms. The smallest absolute Gasteiger partial charge is 0.317 e. The van der Waals surface area contributed by atoms with Gasteiger partial charge >= 0.3 is 6.03 Å². The number of carbonyl (C=O) groups is 1. The Morgan fingerprint density at radius 3 is 2.75 bits per heavy atom. The van der Waals surface area contributed by atoms with Crippen LogP contribution in [0.25, 0.3) is 0 Å². The average Bonchev–Trinajstić information content (AvgIpc) is 2.56. The van der Waals surface area contributed by atoms with Crippen molar-refractivity contribution < 1.29 is 13.9 Å². The molecular weight excluding hydrogens is 307 g/mol. The van der Waals surface area contributed by atoms with Crippen LogP contribution in [0, 0.1) is 11.7 Å². The van der Waals surface area contributed by atoms with E-state index in [0.29, 0.717) is 25.7 Å². The third-order valence-electron chi connectivity index (χ3n) is 5.57. The highest BCUT2D eigenvalue weighted by atomic mass is 19.1. The third-order valence-corrected chi connectivity index (χ3v) is 5.57. The van der Waals surface area contributed by atoms with E-state index in [1.54, 1.807) is 17.0 Å². The van der Waals surface area contributed by atoms with E-state index in [2.05, 4.69) is 5.32 Å². The molecule has 4 nitrogen and oxygen atoms in total. The molecule has 1 aliphatic carbocycles. The zero-order chi connectivity index (χ0) is 17.0. The lowest BCUT2D eigenvalue weighted by Crippen LogP contribution is -2.48. The summed E-state index contributed by atoms with van der Waals surface area (Å²) in [5, 5.41) is 3.07. The van der Waals surface area contributed by atoms with E-state index < -0.39 is 0 Å². The summed E-state index contributed by atoms with van der Waals surface area (Å²) in [6.07, 6.45) is 5.32. The highest BCUT2D eigenvalue weighted by Gasteiger charge is 2.35. The number of halogens is 1. The Morgan fingerprint density at radius 2 is 2.12 bits per heavy atom. The van der Waals surface area contributed by atoms with Crippen LogP contribution in [0.4, 0.5) is 9.18 Å². The Bertz CT molecular complexity index is 568. The molecule has 2 fully saturated rings. The number of benzene rings is 1. The first-order valence-electron chi connectivity index (χ1n) is 8.92. The summed E-state index contributed by atoms with van der Waals surface area (Å²) in [6.45, 7) is 2.63. The Labute approximate surface area is 143 Å². The molecule has 0 radical (unpaired) electrons. The van der Waals surface area contributed by atoms with Gasteiger partial charge in [-0.3, -0.25) is 0 Å². The lowest BCUT2D eigenvalue weighted by atomic mass is 9.74. The van der Waals surface area contributed by atoms with Crippen LogP contribution in [0.3, 0.4) is 0 Å². The van der Waals surface area contributed by atoms with Gasteiger partial charge in [0.2, 0.25) is 0 Å². The van der Waals surface area contributed by atoms with Crippen molar-refractivity contribution >= 4 is 6.03 Å². The van der Waals surface area contributed by atoms with E-state index >= 15 is 0 Å². The first kappa shape index (κ1) is 17.2. The summed E-state index contributed by atoms with van der Waals surface area (Å²) in [7, 11) is 1.85. The first-order valence-corrected chi connectivity index (χ1v) is 8.92. The fourth-order valence-electron chi connectivity index (χ4n) is 3.67. The van der Waals surface area contributed by atoms with E-state index in [4.69, 9.17) is 4.74 Å². The molecule has 132 valence electrons. The fraction of sp³-hybridized carbons (Fsp3) is 0.632. The Balaban J connectivity index is 1.64. The molecule has 1 aromatic rings. The highest BCUT2D eigenvalue weighted by molar-refractivity contribution is 5.74. The summed E-state index contributed by atoms with van der Waals surface area (Å²) in [5.41, 5.74) is 0.709. The van der Waals surface area contributed by atoms with Crippen molar-refractivity contribution in [2.75, 3.05) is 33.4 Å². The zero-order valence-electron chi connectivity index (χ0n) is 14.4. The third kappa shape index (κ3) is 3.89. The summed E-state index contributed by atoms with van der Waals surface area (Å²) in [6, 6.07) is 6.71. The van der Waals surface area contributed by atoms with Crippen molar-refractivity contribution in [1.29, 1.82) is 0 Å².